The van der Waals surface area contributed by atoms with Gasteiger partial charge in [-0.25, -0.2) is 0 Å². The molecule has 0 spiro atoms. The lowest BCUT2D eigenvalue weighted by Crippen LogP contribution is -2.46. The zero-order chi connectivity index (χ0) is 10.9. The number of carboxylic acid groups (broad SMARTS) is 1. The summed E-state index contributed by atoms with van der Waals surface area (Å²) in [6.45, 7) is 7.95. The van der Waals surface area contributed by atoms with Gasteiger partial charge in [-0.05, 0) is 29.2 Å². The van der Waals surface area contributed by atoms with Gasteiger partial charge in [0.2, 0.25) is 0 Å². The van der Waals surface area contributed by atoms with Crippen molar-refractivity contribution in [3.63, 3.8) is 0 Å². The summed E-state index contributed by atoms with van der Waals surface area (Å²) in [5, 5.41) is 8.70. The van der Waals surface area contributed by atoms with E-state index in [0.29, 0.717) is 0 Å². The van der Waals surface area contributed by atoms with Crippen LogP contribution in [0.4, 0.5) is 0 Å². The summed E-state index contributed by atoms with van der Waals surface area (Å²) in [4.78, 5) is 10.6. The van der Waals surface area contributed by atoms with Crippen molar-refractivity contribution in [1.29, 1.82) is 0 Å². The average Bonchev–Trinajstić information content (AvgIpc) is 2.10. The van der Waals surface area contributed by atoms with Crippen LogP contribution in [0.3, 0.4) is 0 Å². The zero-order valence-electron chi connectivity index (χ0n) is 8.71. The molecule has 2 nitrogen and oxygen atoms in total. The Morgan fingerprint density at radius 1 is 1.71 bits per heavy atom. The molecule has 0 aromatic rings. The van der Waals surface area contributed by atoms with Gasteiger partial charge < -0.3 is 5.11 Å². The van der Waals surface area contributed by atoms with Crippen LogP contribution in [0.25, 0.3) is 0 Å². The normalized spacial score (nSPS) is 28.6. The molecule has 0 saturated heterocycles. The fraction of sp³-hybridized carbons (Fsp3) is 0.583. The van der Waals surface area contributed by atoms with Crippen LogP contribution in [0.5, 0.6) is 0 Å². The number of rotatable bonds is 3. The average molecular weight is 192 g/mol. The van der Waals surface area contributed by atoms with Gasteiger partial charge in [-0.2, -0.15) is 0 Å². The first-order valence-corrected chi connectivity index (χ1v) is 4.76. The largest absolute Gasteiger partial charge is 0.481 e. The quantitative estimate of drug-likeness (QED) is 0.697. The summed E-state index contributed by atoms with van der Waals surface area (Å²) in [5.74, 6) is 2.35. The van der Waals surface area contributed by atoms with Crippen molar-refractivity contribution in [3.8, 4) is 12.3 Å². The van der Waals surface area contributed by atoms with Gasteiger partial charge in [0.15, 0.2) is 0 Å². The van der Waals surface area contributed by atoms with E-state index in [9.17, 15) is 4.79 Å². The number of allylic oxidation sites excluding steroid dienone is 1. The Kier molecular flexibility index (Phi) is 2.71. The molecule has 76 valence electrons. The molecule has 1 saturated carbocycles. The maximum atomic E-state index is 10.6. The first-order valence-electron chi connectivity index (χ1n) is 4.76. The van der Waals surface area contributed by atoms with Crippen molar-refractivity contribution in [1.82, 2.24) is 0 Å². The Morgan fingerprint density at radius 2 is 2.29 bits per heavy atom. The molecule has 2 unspecified atom stereocenters. The molecular formula is C12H16O2. The smallest absolute Gasteiger partial charge is 0.303 e. The number of terminal acetylenes is 1. The van der Waals surface area contributed by atoms with Crippen LogP contribution in [-0.4, -0.2) is 11.1 Å². The summed E-state index contributed by atoms with van der Waals surface area (Å²) in [7, 11) is 0. The molecule has 1 N–H and O–H groups in total. The second-order valence-electron chi connectivity index (χ2n) is 4.57. The third kappa shape index (κ3) is 1.68. The second-order valence-corrected chi connectivity index (χ2v) is 4.57. The highest BCUT2D eigenvalue weighted by atomic mass is 16.4. The molecule has 0 aromatic heterocycles. The third-order valence-corrected chi connectivity index (χ3v) is 3.50. The number of hydrogen-bond donors (Lipinski definition) is 1. The Bertz CT molecular complexity index is 307. The number of carbonyl (C=O) groups is 1. The summed E-state index contributed by atoms with van der Waals surface area (Å²) in [5.41, 5.74) is 0.790. The highest BCUT2D eigenvalue weighted by Crippen LogP contribution is 2.55. The van der Waals surface area contributed by atoms with Crippen molar-refractivity contribution in [2.45, 2.75) is 26.7 Å². The Morgan fingerprint density at radius 3 is 2.64 bits per heavy atom. The van der Waals surface area contributed by atoms with Gasteiger partial charge in [-0.15, -0.1) is 6.42 Å². The maximum Gasteiger partial charge on any atom is 0.303 e. The highest BCUT2D eigenvalue weighted by Gasteiger charge is 2.49. The topological polar surface area (TPSA) is 37.3 Å². The second kappa shape index (κ2) is 3.49. The monoisotopic (exact) mass is 192 g/mol. The molecule has 1 aliphatic carbocycles. The van der Waals surface area contributed by atoms with Crippen molar-refractivity contribution >= 4 is 5.97 Å². The van der Waals surface area contributed by atoms with Crippen LogP contribution in [0.2, 0.25) is 0 Å². The van der Waals surface area contributed by atoms with Crippen LogP contribution in [0.15, 0.2) is 12.2 Å². The molecule has 14 heavy (non-hydrogen) atoms. The molecule has 0 heterocycles. The summed E-state index contributed by atoms with van der Waals surface area (Å²) in [6, 6.07) is 0. The van der Waals surface area contributed by atoms with Crippen LogP contribution in [0, 0.1) is 29.6 Å². The first-order chi connectivity index (χ1) is 6.39. The number of hydrogen-bond acceptors (Lipinski definition) is 1. The molecule has 1 rings (SSSR count). The fourth-order valence-corrected chi connectivity index (χ4v) is 2.27. The number of aliphatic carboxylic acids is 1. The third-order valence-electron chi connectivity index (χ3n) is 3.50. The predicted octanol–water partition coefficient (Wildman–Crippen LogP) is 2.31. The summed E-state index contributed by atoms with van der Waals surface area (Å²) >= 11 is 0. The zero-order valence-corrected chi connectivity index (χ0v) is 8.71. The molecular weight excluding hydrogens is 176 g/mol. The Labute approximate surface area is 85.0 Å². The van der Waals surface area contributed by atoms with Crippen molar-refractivity contribution in [3.05, 3.63) is 12.2 Å². The van der Waals surface area contributed by atoms with Crippen LogP contribution >= 0.6 is 0 Å². The lowest BCUT2D eigenvalue weighted by molar-refractivity contribution is -0.142. The summed E-state index contributed by atoms with van der Waals surface area (Å²) < 4.78 is 0. The SMILES string of the molecule is C#CC(=C)C1CC(CC(=O)O)C1(C)C. The van der Waals surface area contributed by atoms with E-state index in [4.69, 9.17) is 11.5 Å². The minimum absolute atomic E-state index is 0.0121. The van der Waals surface area contributed by atoms with Gasteiger partial charge in [0.25, 0.3) is 0 Å². The van der Waals surface area contributed by atoms with Gasteiger partial charge in [0, 0.05) is 6.42 Å². The predicted molar refractivity (Wildman–Crippen MR) is 55.6 cm³/mol. The molecule has 0 bridgehead atoms. The van der Waals surface area contributed by atoms with E-state index < -0.39 is 5.97 Å². The molecule has 2 heteroatoms. The maximum absolute atomic E-state index is 10.6. The Hall–Kier alpha value is -1.23. The molecule has 1 aliphatic rings. The van der Waals surface area contributed by atoms with E-state index in [1.54, 1.807) is 0 Å². The van der Waals surface area contributed by atoms with E-state index in [2.05, 4.69) is 26.3 Å². The van der Waals surface area contributed by atoms with Gasteiger partial charge in [-0.3, -0.25) is 4.79 Å². The first kappa shape index (κ1) is 10.8. The highest BCUT2D eigenvalue weighted by molar-refractivity contribution is 5.67. The van der Waals surface area contributed by atoms with Gasteiger partial charge >= 0.3 is 5.97 Å². The van der Waals surface area contributed by atoms with Crippen LogP contribution < -0.4 is 0 Å². The minimum Gasteiger partial charge on any atom is -0.481 e. The molecule has 0 aliphatic heterocycles. The molecule has 0 amide bonds. The molecule has 2 atom stereocenters. The fourth-order valence-electron chi connectivity index (χ4n) is 2.27. The van der Waals surface area contributed by atoms with Gasteiger partial charge in [0.1, 0.15) is 0 Å². The van der Waals surface area contributed by atoms with Crippen molar-refractivity contribution in [2.75, 3.05) is 0 Å². The lowest BCUT2D eigenvalue weighted by Gasteiger charge is -2.52. The van der Waals surface area contributed by atoms with E-state index in [0.717, 1.165) is 12.0 Å². The van der Waals surface area contributed by atoms with Crippen LogP contribution in [-0.2, 0) is 4.79 Å². The standard InChI is InChI=1S/C12H16O2/c1-5-8(2)10-6-9(7-11(13)14)12(10,3)4/h1,9-10H,2,6-7H2,3-4H3,(H,13,14). The van der Waals surface area contributed by atoms with Gasteiger partial charge in [-0.1, -0.05) is 26.3 Å². The van der Waals surface area contributed by atoms with Gasteiger partial charge in [0.05, 0.1) is 0 Å². The Balaban J connectivity index is 2.64. The van der Waals surface area contributed by atoms with Crippen LogP contribution in [0.1, 0.15) is 26.7 Å². The molecule has 0 aromatic carbocycles. The number of carboxylic acids is 1. The molecule has 1 fully saturated rings. The van der Waals surface area contributed by atoms with E-state index in [1.807, 2.05) is 0 Å². The van der Waals surface area contributed by atoms with Crippen molar-refractivity contribution in [2.24, 2.45) is 17.3 Å². The van der Waals surface area contributed by atoms with Crippen molar-refractivity contribution < 1.29 is 9.90 Å². The summed E-state index contributed by atoms with van der Waals surface area (Å²) in [6.07, 6.45) is 6.39. The van der Waals surface area contributed by atoms with E-state index in [-0.39, 0.29) is 23.7 Å². The molecule has 0 radical (unpaired) electrons. The lowest BCUT2D eigenvalue weighted by atomic mass is 9.52. The van der Waals surface area contributed by atoms with E-state index in [1.165, 1.54) is 0 Å². The van der Waals surface area contributed by atoms with E-state index >= 15 is 0 Å². The minimum atomic E-state index is -0.729.